The second-order valence-electron chi connectivity index (χ2n) is 4.68. The minimum absolute atomic E-state index is 0.129. The van der Waals surface area contributed by atoms with Gasteiger partial charge in [-0.3, -0.25) is 14.6 Å². The molecule has 0 aliphatic carbocycles. The third kappa shape index (κ3) is 3.82. The van der Waals surface area contributed by atoms with Crippen LogP contribution < -0.4 is 5.32 Å². The molecule has 0 aliphatic rings. The van der Waals surface area contributed by atoms with E-state index in [0.717, 1.165) is 36.5 Å². The topological polar surface area (TPSA) is 68.5 Å². The lowest BCUT2D eigenvalue weighted by atomic mass is 10.1. The number of rotatable bonds is 6. The molecule has 1 N–H and O–H groups in total. The van der Waals surface area contributed by atoms with Gasteiger partial charge in [-0.15, -0.1) is 5.10 Å². The number of nitrogens with zero attached hydrogens (tertiary/aromatic N) is 5. The molecule has 102 valence electrons. The van der Waals surface area contributed by atoms with Gasteiger partial charge in [0.25, 0.3) is 0 Å². The predicted octanol–water partition coefficient (Wildman–Crippen LogP) is 1.20. The lowest BCUT2D eigenvalue weighted by Gasteiger charge is -2.16. The van der Waals surface area contributed by atoms with Crippen molar-refractivity contribution in [3.05, 3.63) is 35.7 Å². The number of hydrogen-bond donors (Lipinski definition) is 1. The van der Waals surface area contributed by atoms with Crippen molar-refractivity contribution in [2.75, 3.05) is 6.54 Å². The molecular weight excluding hydrogens is 240 g/mol. The smallest absolute Gasteiger partial charge is 0.0846 e. The summed E-state index contributed by atoms with van der Waals surface area (Å²) < 4.78 is 1.72. The fourth-order valence-electron chi connectivity index (χ4n) is 1.88. The Balaban J connectivity index is 2.13. The lowest BCUT2D eigenvalue weighted by Crippen LogP contribution is -2.25. The Kier molecular flexibility index (Phi) is 4.57. The van der Waals surface area contributed by atoms with Crippen molar-refractivity contribution in [3.63, 3.8) is 0 Å². The highest BCUT2D eigenvalue weighted by Crippen LogP contribution is 2.14. The molecule has 0 radical (unpaired) electrons. The van der Waals surface area contributed by atoms with Crippen LogP contribution in [-0.2, 0) is 13.5 Å². The maximum atomic E-state index is 4.45. The van der Waals surface area contributed by atoms with Crippen LogP contribution in [0.2, 0.25) is 0 Å². The first-order valence-corrected chi connectivity index (χ1v) is 6.56. The van der Waals surface area contributed by atoms with E-state index < -0.39 is 0 Å². The fourth-order valence-corrected chi connectivity index (χ4v) is 1.88. The molecule has 0 bridgehead atoms. The Bertz CT molecular complexity index is 504. The van der Waals surface area contributed by atoms with Gasteiger partial charge >= 0.3 is 0 Å². The molecule has 0 aromatic carbocycles. The van der Waals surface area contributed by atoms with E-state index in [4.69, 9.17) is 0 Å². The van der Waals surface area contributed by atoms with Gasteiger partial charge in [0.05, 0.1) is 29.3 Å². The summed E-state index contributed by atoms with van der Waals surface area (Å²) in [5, 5.41) is 11.6. The first kappa shape index (κ1) is 13.6. The molecule has 6 nitrogen and oxygen atoms in total. The summed E-state index contributed by atoms with van der Waals surface area (Å²) in [5.74, 6) is 0. The van der Waals surface area contributed by atoms with Gasteiger partial charge in [-0.05, 0) is 19.9 Å². The fraction of sp³-hybridized carbons (Fsp3) is 0.538. The zero-order valence-electron chi connectivity index (χ0n) is 11.7. The normalized spacial score (nSPS) is 12.6. The molecule has 0 aliphatic heterocycles. The molecule has 19 heavy (non-hydrogen) atoms. The van der Waals surface area contributed by atoms with Gasteiger partial charge in [0, 0.05) is 25.9 Å². The lowest BCUT2D eigenvalue weighted by molar-refractivity contribution is 0.510. The Hall–Kier alpha value is -1.82. The van der Waals surface area contributed by atoms with Gasteiger partial charge in [-0.25, -0.2) is 0 Å². The first-order chi connectivity index (χ1) is 9.19. The number of hydrogen-bond acceptors (Lipinski definition) is 5. The molecule has 2 aromatic heterocycles. The van der Waals surface area contributed by atoms with E-state index in [1.54, 1.807) is 10.9 Å². The third-order valence-corrected chi connectivity index (χ3v) is 2.86. The van der Waals surface area contributed by atoms with Gasteiger partial charge in [0.1, 0.15) is 0 Å². The average Bonchev–Trinajstić information content (AvgIpc) is 2.81. The van der Waals surface area contributed by atoms with Crippen LogP contribution in [0.25, 0.3) is 0 Å². The summed E-state index contributed by atoms with van der Waals surface area (Å²) in [4.78, 5) is 8.77. The molecule has 0 amide bonds. The van der Waals surface area contributed by atoms with Crippen molar-refractivity contribution in [1.29, 1.82) is 0 Å². The van der Waals surface area contributed by atoms with Crippen molar-refractivity contribution >= 4 is 0 Å². The Labute approximate surface area is 113 Å². The van der Waals surface area contributed by atoms with Crippen LogP contribution in [0.1, 0.15) is 36.5 Å². The van der Waals surface area contributed by atoms with E-state index in [1.165, 1.54) is 0 Å². The summed E-state index contributed by atoms with van der Waals surface area (Å²) in [7, 11) is 1.87. The van der Waals surface area contributed by atoms with Crippen molar-refractivity contribution in [3.8, 4) is 0 Å². The van der Waals surface area contributed by atoms with Crippen LogP contribution in [0.4, 0.5) is 0 Å². The molecule has 2 rings (SSSR count). The van der Waals surface area contributed by atoms with E-state index >= 15 is 0 Å². The van der Waals surface area contributed by atoms with E-state index in [0.29, 0.717) is 0 Å². The van der Waals surface area contributed by atoms with Crippen LogP contribution in [0.5, 0.6) is 0 Å². The van der Waals surface area contributed by atoms with Gasteiger partial charge in [0.15, 0.2) is 0 Å². The van der Waals surface area contributed by atoms with Crippen molar-refractivity contribution in [2.45, 2.75) is 32.7 Å². The van der Waals surface area contributed by atoms with E-state index in [-0.39, 0.29) is 6.04 Å². The first-order valence-electron chi connectivity index (χ1n) is 6.56. The number of aryl methyl sites for hydroxylation is 2. The second kappa shape index (κ2) is 6.38. The second-order valence-corrected chi connectivity index (χ2v) is 4.68. The molecule has 2 heterocycles. The van der Waals surface area contributed by atoms with E-state index in [1.807, 2.05) is 26.4 Å². The SMILES string of the molecule is CCCNC(Cc1cn(C)nn1)c1cnc(C)cn1. The Morgan fingerprint density at radius 2 is 2.16 bits per heavy atom. The number of aromatic nitrogens is 5. The predicted molar refractivity (Wildman–Crippen MR) is 72.5 cm³/mol. The summed E-state index contributed by atoms with van der Waals surface area (Å²) in [5.41, 5.74) is 2.83. The summed E-state index contributed by atoms with van der Waals surface area (Å²) in [6.45, 7) is 5.03. The van der Waals surface area contributed by atoms with Gasteiger partial charge in [-0.2, -0.15) is 0 Å². The standard InChI is InChI=1S/C13H20N6/c1-4-5-14-12(6-11-9-19(3)18-17-11)13-8-15-10(2)7-16-13/h7-9,12,14H,4-6H2,1-3H3. The minimum atomic E-state index is 0.129. The minimum Gasteiger partial charge on any atom is -0.308 e. The molecule has 6 heteroatoms. The largest absolute Gasteiger partial charge is 0.308 e. The monoisotopic (exact) mass is 260 g/mol. The van der Waals surface area contributed by atoms with Gasteiger partial charge in [0.2, 0.25) is 0 Å². The maximum Gasteiger partial charge on any atom is 0.0846 e. The van der Waals surface area contributed by atoms with Crippen LogP contribution in [-0.4, -0.2) is 31.5 Å². The molecular formula is C13H20N6. The quantitative estimate of drug-likeness (QED) is 0.845. The highest BCUT2D eigenvalue weighted by Gasteiger charge is 2.15. The van der Waals surface area contributed by atoms with Crippen molar-refractivity contribution in [1.82, 2.24) is 30.3 Å². The average molecular weight is 260 g/mol. The van der Waals surface area contributed by atoms with Crippen LogP contribution in [0.15, 0.2) is 18.6 Å². The summed E-state index contributed by atoms with van der Waals surface area (Å²) >= 11 is 0. The molecule has 0 saturated carbocycles. The summed E-state index contributed by atoms with van der Waals surface area (Å²) in [6, 6.07) is 0.129. The van der Waals surface area contributed by atoms with Crippen LogP contribution >= 0.6 is 0 Å². The molecule has 0 spiro atoms. The summed E-state index contributed by atoms with van der Waals surface area (Å²) in [6.07, 6.45) is 7.41. The number of nitrogens with one attached hydrogen (secondary N) is 1. The Morgan fingerprint density at radius 1 is 1.32 bits per heavy atom. The molecule has 1 unspecified atom stereocenters. The van der Waals surface area contributed by atoms with Crippen molar-refractivity contribution < 1.29 is 0 Å². The van der Waals surface area contributed by atoms with Crippen molar-refractivity contribution in [2.24, 2.45) is 7.05 Å². The van der Waals surface area contributed by atoms with Gasteiger partial charge < -0.3 is 5.32 Å². The molecule has 1 atom stereocenters. The maximum absolute atomic E-state index is 4.45. The third-order valence-electron chi connectivity index (χ3n) is 2.86. The zero-order chi connectivity index (χ0) is 13.7. The van der Waals surface area contributed by atoms with Crippen LogP contribution in [0.3, 0.4) is 0 Å². The van der Waals surface area contributed by atoms with Gasteiger partial charge in [-0.1, -0.05) is 12.1 Å². The molecule has 0 fully saturated rings. The zero-order valence-corrected chi connectivity index (χ0v) is 11.7. The van der Waals surface area contributed by atoms with E-state index in [2.05, 4.69) is 32.5 Å². The molecule has 0 saturated heterocycles. The highest BCUT2D eigenvalue weighted by molar-refractivity contribution is 5.09. The molecule has 2 aromatic rings. The van der Waals surface area contributed by atoms with E-state index in [9.17, 15) is 0 Å². The van der Waals surface area contributed by atoms with Crippen LogP contribution in [0, 0.1) is 6.92 Å². The highest BCUT2D eigenvalue weighted by atomic mass is 15.4. The Morgan fingerprint density at radius 3 is 2.74 bits per heavy atom.